The molecule has 0 bridgehead atoms. The lowest BCUT2D eigenvalue weighted by Crippen LogP contribution is -2.37. The lowest BCUT2D eigenvalue weighted by atomic mass is 10.0. The number of aliphatic hydroxyl groups is 1. The molecule has 0 radical (unpaired) electrons. The molecule has 1 aliphatic heterocycles. The number of benzene rings is 2. The molecule has 1 amide bonds. The van der Waals surface area contributed by atoms with Crippen molar-refractivity contribution in [2.75, 3.05) is 19.6 Å². The Morgan fingerprint density at radius 3 is 2.12 bits per heavy atom. The number of aliphatic hydroxyl groups excluding tert-OH is 1. The second-order valence-electron chi connectivity index (χ2n) is 6.60. The van der Waals surface area contributed by atoms with Crippen molar-refractivity contribution in [1.82, 2.24) is 10.2 Å². The molecule has 4 heteroatoms. The van der Waals surface area contributed by atoms with Crippen LogP contribution < -0.4 is 5.32 Å². The van der Waals surface area contributed by atoms with Gasteiger partial charge in [-0.25, -0.2) is 0 Å². The first-order valence-corrected chi connectivity index (χ1v) is 9.03. The monoisotopic (exact) mass is 338 g/mol. The summed E-state index contributed by atoms with van der Waals surface area (Å²) < 4.78 is 0. The van der Waals surface area contributed by atoms with Gasteiger partial charge in [-0.1, -0.05) is 60.7 Å². The van der Waals surface area contributed by atoms with Gasteiger partial charge in [-0.3, -0.25) is 9.69 Å². The maximum atomic E-state index is 12.3. The summed E-state index contributed by atoms with van der Waals surface area (Å²) in [5.74, 6) is -0.114. The molecule has 2 N–H and O–H groups in total. The Kier molecular flexibility index (Phi) is 6.20. The second kappa shape index (κ2) is 8.79. The van der Waals surface area contributed by atoms with E-state index in [-0.39, 0.29) is 18.4 Å². The van der Waals surface area contributed by atoms with E-state index in [0.29, 0.717) is 6.54 Å². The first-order chi connectivity index (χ1) is 12.2. The highest BCUT2D eigenvalue weighted by molar-refractivity contribution is 5.76. The second-order valence-corrected chi connectivity index (χ2v) is 6.60. The molecule has 0 aliphatic carbocycles. The lowest BCUT2D eigenvalue weighted by Gasteiger charge is -2.28. The summed E-state index contributed by atoms with van der Waals surface area (Å²) in [6.07, 6.45) is 1.75. The molecule has 1 aliphatic rings. The van der Waals surface area contributed by atoms with Crippen LogP contribution in [0, 0.1) is 0 Å². The number of likely N-dealkylation sites (tertiary alicyclic amines) is 1. The predicted octanol–water partition coefficient (Wildman–Crippen LogP) is 3.06. The molecule has 2 atom stereocenters. The van der Waals surface area contributed by atoms with Crippen molar-refractivity contribution >= 4 is 5.91 Å². The van der Waals surface area contributed by atoms with Crippen molar-refractivity contribution in [1.29, 1.82) is 0 Å². The van der Waals surface area contributed by atoms with E-state index in [1.807, 2.05) is 48.5 Å². The predicted molar refractivity (Wildman–Crippen MR) is 99.0 cm³/mol. The third-order valence-corrected chi connectivity index (χ3v) is 4.82. The van der Waals surface area contributed by atoms with Gasteiger partial charge in [0, 0.05) is 6.54 Å². The summed E-state index contributed by atoms with van der Waals surface area (Å²) in [7, 11) is 0. The number of nitrogens with zero attached hydrogens (tertiary/aromatic N) is 1. The van der Waals surface area contributed by atoms with Gasteiger partial charge < -0.3 is 10.4 Å². The summed E-state index contributed by atoms with van der Waals surface area (Å²) in [5, 5.41) is 13.2. The Labute approximate surface area is 149 Å². The van der Waals surface area contributed by atoms with Crippen LogP contribution in [0.3, 0.4) is 0 Å². The van der Waals surface area contributed by atoms with Gasteiger partial charge in [0.2, 0.25) is 5.91 Å². The standard InChI is InChI=1S/C21H26N2O2/c24-20(18-11-5-2-6-12-18)15-21(25)22-16-19(23-13-7-8-14-23)17-9-3-1-4-10-17/h1-6,9-12,19-20,24H,7-8,13-16H2,(H,22,25). The normalized spacial score (nSPS) is 17.2. The van der Waals surface area contributed by atoms with Crippen LogP contribution in [0.1, 0.15) is 42.5 Å². The van der Waals surface area contributed by atoms with Crippen molar-refractivity contribution in [3.8, 4) is 0 Å². The van der Waals surface area contributed by atoms with Crippen molar-refractivity contribution < 1.29 is 9.90 Å². The molecule has 1 fully saturated rings. The number of rotatable bonds is 7. The van der Waals surface area contributed by atoms with Gasteiger partial charge in [-0.05, 0) is 37.1 Å². The maximum absolute atomic E-state index is 12.3. The Balaban J connectivity index is 1.58. The largest absolute Gasteiger partial charge is 0.388 e. The lowest BCUT2D eigenvalue weighted by molar-refractivity contribution is -0.123. The molecule has 3 rings (SSSR count). The summed E-state index contributed by atoms with van der Waals surface area (Å²) in [5.41, 5.74) is 2.00. The quantitative estimate of drug-likeness (QED) is 0.816. The van der Waals surface area contributed by atoms with Crippen LogP contribution in [0.5, 0.6) is 0 Å². The third-order valence-electron chi connectivity index (χ3n) is 4.82. The molecular weight excluding hydrogens is 312 g/mol. The van der Waals surface area contributed by atoms with E-state index in [9.17, 15) is 9.90 Å². The SMILES string of the molecule is O=C(CC(O)c1ccccc1)NCC(c1ccccc1)N1CCCC1. The minimum atomic E-state index is -0.761. The molecule has 132 valence electrons. The maximum Gasteiger partial charge on any atom is 0.223 e. The molecule has 1 saturated heterocycles. The highest BCUT2D eigenvalue weighted by Crippen LogP contribution is 2.24. The van der Waals surface area contributed by atoms with Crippen LogP contribution in [0.4, 0.5) is 0 Å². The van der Waals surface area contributed by atoms with Crippen LogP contribution in [0.25, 0.3) is 0 Å². The van der Waals surface area contributed by atoms with Crippen LogP contribution >= 0.6 is 0 Å². The van der Waals surface area contributed by atoms with Crippen LogP contribution in [-0.4, -0.2) is 35.5 Å². The number of hydrogen-bond donors (Lipinski definition) is 2. The number of nitrogens with one attached hydrogen (secondary N) is 1. The molecule has 0 spiro atoms. The summed E-state index contributed by atoms with van der Waals surface area (Å²) in [6.45, 7) is 2.72. The highest BCUT2D eigenvalue weighted by atomic mass is 16.3. The molecule has 2 unspecified atom stereocenters. The van der Waals surface area contributed by atoms with E-state index < -0.39 is 6.10 Å². The first-order valence-electron chi connectivity index (χ1n) is 9.03. The van der Waals surface area contributed by atoms with Gasteiger partial charge in [0.15, 0.2) is 0 Å². The van der Waals surface area contributed by atoms with Crippen molar-refractivity contribution in [2.45, 2.75) is 31.4 Å². The minimum absolute atomic E-state index is 0.0888. The molecule has 0 saturated carbocycles. The van der Waals surface area contributed by atoms with Crippen LogP contribution in [0.2, 0.25) is 0 Å². The van der Waals surface area contributed by atoms with Gasteiger partial charge in [0.25, 0.3) is 0 Å². The Morgan fingerprint density at radius 1 is 0.960 bits per heavy atom. The van der Waals surface area contributed by atoms with E-state index in [1.54, 1.807) is 0 Å². The Bertz CT molecular complexity index is 654. The summed E-state index contributed by atoms with van der Waals surface area (Å²) in [4.78, 5) is 14.7. The molecule has 0 aromatic heterocycles. The van der Waals surface area contributed by atoms with E-state index in [1.165, 1.54) is 18.4 Å². The van der Waals surface area contributed by atoms with E-state index >= 15 is 0 Å². The molecule has 2 aromatic carbocycles. The fraction of sp³-hybridized carbons (Fsp3) is 0.381. The fourth-order valence-corrected chi connectivity index (χ4v) is 3.44. The number of carbonyl (C=O) groups excluding carboxylic acids is 1. The average molecular weight is 338 g/mol. The zero-order valence-corrected chi connectivity index (χ0v) is 14.5. The van der Waals surface area contributed by atoms with Gasteiger partial charge in [0.05, 0.1) is 18.6 Å². The van der Waals surface area contributed by atoms with E-state index in [2.05, 4.69) is 22.3 Å². The molecule has 4 nitrogen and oxygen atoms in total. The van der Waals surface area contributed by atoms with E-state index in [0.717, 1.165) is 18.7 Å². The Morgan fingerprint density at radius 2 is 1.52 bits per heavy atom. The van der Waals surface area contributed by atoms with Crippen LogP contribution in [0.15, 0.2) is 60.7 Å². The summed E-state index contributed by atoms with van der Waals surface area (Å²) in [6, 6.07) is 19.9. The first kappa shape index (κ1) is 17.6. The smallest absolute Gasteiger partial charge is 0.223 e. The van der Waals surface area contributed by atoms with E-state index in [4.69, 9.17) is 0 Å². The van der Waals surface area contributed by atoms with Crippen molar-refractivity contribution in [2.24, 2.45) is 0 Å². The molecule has 25 heavy (non-hydrogen) atoms. The fourth-order valence-electron chi connectivity index (χ4n) is 3.44. The van der Waals surface area contributed by atoms with Crippen LogP contribution in [-0.2, 0) is 4.79 Å². The topological polar surface area (TPSA) is 52.6 Å². The highest BCUT2D eigenvalue weighted by Gasteiger charge is 2.24. The molecular formula is C21H26N2O2. The zero-order chi connectivity index (χ0) is 17.5. The minimum Gasteiger partial charge on any atom is -0.388 e. The van der Waals surface area contributed by atoms with Crippen molar-refractivity contribution in [3.05, 3.63) is 71.8 Å². The van der Waals surface area contributed by atoms with Gasteiger partial charge >= 0.3 is 0 Å². The van der Waals surface area contributed by atoms with Gasteiger partial charge in [-0.15, -0.1) is 0 Å². The van der Waals surface area contributed by atoms with Crippen molar-refractivity contribution in [3.63, 3.8) is 0 Å². The number of carbonyl (C=O) groups is 1. The zero-order valence-electron chi connectivity index (χ0n) is 14.5. The number of hydrogen-bond acceptors (Lipinski definition) is 3. The van der Waals surface area contributed by atoms with Gasteiger partial charge in [0.1, 0.15) is 0 Å². The third kappa shape index (κ3) is 4.91. The van der Waals surface area contributed by atoms with Gasteiger partial charge in [-0.2, -0.15) is 0 Å². The average Bonchev–Trinajstić information content (AvgIpc) is 3.18. The number of amides is 1. The Hall–Kier alpha value is -2.17. The molecule has 2 aromatic rings. The molecule has 1 heterocycles. The summed E-state index contributed by atoms with van der Waals surface area (Å²) >= 11 is 0.